The third-order valence-electron chi connectivity index (χ3n) is 4.45. The zero-order chi connectivity index (χ0) is 14.2. The molecule has 2 saturated heterocycles. The van der Waals surface area contributed by atoms with Crippen molar-refractivity contribution >= 4 is 36.5 Å². The van der Waals surface area contributed by atoms with Gasteiger partial charge in [0, 0.05) is 25.6 Å². The molecule has 1 aromatic heterocycles. The van der Waals surface area contributed by atoms with E-state index in [9.17, 15) is 9.90 Å². The summed E-state index contributed by atoms with van der Waals surface area (Å²) in [6, 6.07) is 5.30. The molecule has 6 nitrogen and oxygen atoms in total. The van der Waals surface area contributed by atoms with Crippen LogP contribution in [-0.4, -0.2) is 47.8 Å². The third-order valence-corrected chi connectivity index (χ3v) is 4.45. The summed E-state index contributed by atoms with van der Waals surface area (Å²) in [5, 5.41) is 14.0. The maximum atomic E-state index is 11.2. The van der Waals surface area contributed by atoms with Crippen LogP contribution in [0.5, 0.6) is 0 Å². The Morgan fingerprint density at radius 2 is 2.18 bits per heavy atom. The first-order chi connectivity index (χ1) is 9.58. The molecular formula is C14H22Cl2N4O2. The first-order valence-corrected chi connectivity index (χ1v) is 7.03. The Hall–Kier alpha value is -1.08. The lowest BCUT2D eigenvalue weighted by molar-refractivity contribution is -0.0539. The fourth-order valence-corrected chi connectivity index (χ4v) is 3.17. The molecule has 2 atom stereocenters. The fraction of sp³-hybridized carbons (Fsp3) is 0.571. The number of hydrogen-bond acceptors (Lipinski definition) is 5. The molecule has 2 aliphatic rings. The van der Waals surface area contributed by atoms with Gasteiger partial charge in [0.15, 0.2) is 0 Å². The Bertz CT molecular complexity index is 531. The van der Waals surface area contributed by atoms with E-state index in [-0.39, 0.29) is 36.4 Å². The van der Waals surface area contributed by atoms with Crippen molar-refractivity contribution in [2.45, 2.75) is 18.4 Å². The number of nitrogens with zero attached hydrogens (tertiary/aromatic N) is 2. The van der Waals surface area contributed by atoms with Gasteiger partial charge in [0.05, 0.1) is 5.60 Å². The van der Waals surface area contributed by atoms with E-state index in [4.69, 9.17) is 5.73 Å². The molecule has 0 aromatic carbocycles. The van der Waals surface area contributed by atoms with Crippen LogP contribution in [0.2, 0.25) is 0 Å². The summed E-state index contributed by atoms with van der Waals surface area (Å²) >= 11 is 0. The van der Waals surface area contributed by atoms with E-state index in [0.29, 0.717) is 0 Å². The fourth-order valence-electron chi connectivity index (χ4n) is 3.17. The molecule has 124 valence electrons. The minimum absolute atomic E-state index is 0. The van der Waals surface area contributed by atoms with Crippen LogP contribution in [0.3, 0.4) is 0 Å². The van der Waals surface area contributed by atoms with E-state index in [0.717, 1.165) is 44.8 Å². The molecule has 2 fully saturated rings. The monoisotopic (exact) mass is 348 g/mol. The molecule has 0 spiro atoms. The van der Waals surface area contributed by atoms with Crippen LogP contribution in [0.25, 0.3) is 0 Å². The average Bonchev–Trinajstić information content (AvgIpc) is 2.46. The number of rotatable bonds is 2. The van der Waals surface area contributed by atoms with E-state index in [1.165, 1.54) is 0 Å². The van der Waals surface area contributed by atoms with Crippen molar-refractivity contribution in [3.8, 4) is 0 Å². The molecular weight excluding hydrogens is 327 g/mol. The van der Waals surface area contributed by atoms with Crippen molar-refractivity contribution in [3.63, 3.8) is 0 Å². The van der Waals surface area contributed by atoms with Crippen molar-refractivity contribution in [2.75, 3.05) is 31.1 Å². The van der Waals surface area contributed by atoms with Crippen molar-refractivity contribution in [1.29, 1.82) is 0 Å². The highest BCUT2D eigenvalue weighted by Gasteiger charge is 2.43. The topological polar surface area (TPSA) is 91.5 Å². The van der Waals surface area contributed by atoms with Crippen LogP contribution in [0.4, 0.5) is 5.82 Å². The number of fused-ring (bicyclic) bond motifs is 1. The lowest BCUT2D eigenvalue weighted by Gasteiger charge is -2.47. The summed E-state index contributed by atoms with van der Waals surface area (Å²) in [5.41, 5.74) is 5.00. The van der Waals surface area contributed by atoms with Gasteiger partial charge >= 0.3 is 0 Å². The van der Waals surface area contributed by atoms with Gasteiger partial charge < -0.3 is 21.1 Å². The number of carbonyl (C=O) groups is 1. The Morgan fingerprint density at radius 3 is 2.91 bits per heavy atom. The Labute approximate surface area is 142 Å². The predicted octanol–water partition coefficient (Wildman–Crippen LogP) is 0.575. The van der Waals surface area contributed by atoms with Gasteiger partial charge in [-0.1, -0.05) is 6.07 Å². The second-order valence-corrected chi connectivity index (χ2v) is 5.70. The molecule has 4 N–H and O–H groups in total. The van der Waals surface area contributed by atoms with E-state index in [1.54, 1.807) is 12.1 Å². The number of pyridine rings is 1. The van der Waals surface area contributed by atoms with Crippen molar-refractivity contribution < 1.29 is 9.90 Å². The largest absolute Gasteiger partial charge is 0.389 e. The molecule has 0 aliphatic carbocycles. The summed E-state index contributed by atoms with van der Waals surface area (Å²) in [6.45, 7) is 3.20. The number of carbonyl (C=O) groups excluding carboxylic acids is 1. The molecule has 3 heterocycles. The molecule has 0 radical (unpaired) electrons. The number of amides is 1. The van der Waals surface area contributed by atoms with Gasteiger partial charge in [-0.15, -0.1) is 24.8 Å². The summed E-state index contributed by atoms with van der Waals surface area (Å²) in [7, 11) is 0. The van der Waals surface area contributed by atoms with E-state index < -0.39 is 11.5 Å². The van der Waals surface area contributed by atoms with E-state index in [2.05, 4.69) is 15.2 Å². The van der Waals surface area contributed by atoms with Crippen molar-refractivity contribution in [2.24, 2.45) is 11.7 Å². The van der Waals surface area contributed by atoms with E-state index >= 15 is 0 Å². The molecule has 0 bridgehead atoms. The van der Waals surface area contributed by atoms with Gasteiger partial charge in [0.1, 0.15) is 11.5 Å². The summed E-state index contributed by atoms with van der Waals surface area (Å²) in [6.07, 6.45) is 1.54. The SMILES string of the molecule is Cl.Cl.NC(=O)c1cccc(N2CC[C@@]3(O)CCNC[C@H]3C2)n1. The van der Waals surface area contributed by atoms with Gasteiger partial charge in [-0.2, -0.15) is 0 Å². The summed E-state index contributed by atoms with van der Waals surface area (Å²) in [5.74, 6) is 0.442. The number of anilines is 1. The number of piperidine rings is 2. The molecule has 1 aromatic rings. The Kier molecular flexibility index (Phi) is 6.43. The van der Waals surface area contributed by atoms with Crippen LogP contribution >= 0.6 is 24.8 Å². The highest BCUT2D eigenvalue weighted by Crippen LogP contribution is 2.34. The highest BCUT2D eigenvalue weighted by molar-refractivity contribution is 5.91. The maximum absolute atomic E-state index is 11.2. The number of aliphatic hydroxyl groups is 1. The minimum atomic E-state index is -0.553. The van der Waals surface area contributed by atoms with Crippen LogP contribution in [-0.2, 0) is 0 Å². The Balaban J connectivity index is 0.00000121. The number of nitrogens with two attached hydrogens (primary N) is 1. The molecule has 2 aliphatic heterocycles. The molecule has 0 saturated carbocycles. The number of halogens is 2. The number of hydrogen-bond donors (Lipinski definition) is 3. The second kappa shape index (κ2) is 7.46. The maximum Gasteiger partial charge on any atom is 0.267 e. The molecule has 1 amide bonds. The summed E-state index contributed by atoms with van der Waals surface area (Å²) < 4.78 is 0. The van der Waals surface area contributed by atoms with Crippen LogP contribution in [0.15, 0.2) is 18.2 Å². The third kappa shape index (κ3) is 3.63. The predicted molar refractivity (Wildman–Crippen MR) is 90.0 cm³/mol. The van der Waals surface area contributed by atoms with Crippen LogP contribution < -0.4 is 16.0 Å². The van der Waals surface area contributed by atoms with Gasteiger partial charge in [0.25, 0.3) is 5.91 Å². The number of nitrogens with one attached hydrogen (secondary N) is 1. The smallest absolute Gasteiger partial charge is 0.267 e. The second-order valence-electron chi connectivity index (χ2n) is 5.70. The number of primary amides is 1. The van der Waals surface area contributed by atoms with Gasteiger partial charge in [-0.25, -0.2) is 4.98 Å². The Morgan fingerprint density at radius 1 is 1.41 bits per heavy atom. The molecule has 22 heavy (non-hydrogen) atoms. The zero-order valence-corrected chi connectivity index (χ0v) is 13.8. The molecule has 3 rings (SSSR count). The zero-order valence-electron chi connectivity index (χ0n) is 12.2. The van der Waals surface area contributed by atoms with Gasteiger partial charge in [-0.3, -0.25) is 4.79 Å². The average molecular weight is 349 g/mol. The van der Waals surface area contributed by atoms with Crippen LogP contribution in [0.1, 0.15) is 23.3 Å². The number of aromatic nitrogens is 1. The van der Waals surface area contributed by atoms with E-state index in [1.807, 2.05) is 6.07 Å². The normalized spacial score (nSPS) is 27.1. The van der Waals surface area contributed by atoms with Crippen molar-refractivity contribution in [3.05, 3.63) is 23.9 Å². The first kappa shape index (κ1) is 19.0. The highest BCUT2D eigenvalue weighted by atomic mass is 35.5. The van der Waals surface area contributed by atoms with Crippen molar-refractivity contribution in [1.82, 2.24) is 10.3 Å². The van der Waals surface area contributed by atoms with Crippen LogP contribution in [0, 0.1) is 5.92 Å². The summed E-state index contributed by atoms with van der Waals surface area (Å²) in [4.78, 5) is 17.6. The first-order valence-electron chi connectivity index (χ1n) is 7.03. The van der Waals surface area contributed by atoms with Gasteiger partial charge in [-0.05, 0) is 31.5 Å². The standard InChI is InChI=1S/C14H20N4O2.2ClH/c15-13(19)11-2-1-3-12(17-11)18-7-5-14(20)4-6-16-8-10(14)9-18;;/h1-3,10,16,20H,4-9H2,(H2,15,19);2*1H/t10-,14-;;/m0../s1. The van der Waals surface area contributed by atoms with Gasteiger partial charge in [0.2, 0.25) is 0 Å². The minimum Gasteiger partial charge on any atom is -0.389 e. The molecule has 8 heteroatoms. The lowest BCUT2D eigenvalue weighted by atomic mass is 9.76. The quantitative estimate of drug-likeness (QED) is 0.726. The molecule has 0 unspecified atom stereocenters. The lowest BCUT2D eigenvalue weighted by Crippen LogP contribution is -2.59.